The van der Waals surface area contributed by atoms with Crippen LogP contribution in [0.25, 0.3) is 11.2 Å². The number of hydrogen-bond donors (Lipinski definition) is 3. The molecule has 0 aliphatic carbocycles. The van der Waals surface area contributed by atoms with E-state index < -0.39 is 52.6 Å². The Labute approximate surface area is 318 Å². The number of carbonyl (C=O) groups is 1. The Morgan fingerprint density at radius 3 is 2.04 bits per heavy atom. The molecule has 14 heteroatoms. The van der Waals surface area contributed by atoms with Crippen molar-refractivity contribution in [2.45, 2.75) is 89.3 Å². The molecule has 3 aromatic carbocycles. The number of carbonyl (C=O) groups excluding carboxylic acids is 1. The van der Waals surface area contributed by atoms with Gasteiger partial charge in [-0.15, -0.1) is 0 Å². The highest BCUT2D eigenvalue weighted by molar-refractivity contribution is 6.99. The van der Waals surface area contributed by atoms with E-state index in [2.05, 4.69) is 99.2 Å². The number of para-hydroxylation sites is 1. The van der Waals surface area contributed by atoms with E-state index in [1.807, 2.05) is 42.5 Å². The summed E-state index contributed by atoms with van der Waals surface area (Å²) in [5.74, 6) is -0.0663. The number of H-pyrrole nitrogens is 1. The number of anilines is 1. The summed E-state index contributed by atoms with van der Waals surface area (Å²) in [5.41, 5.74) is -0.345. The quantitative estimate of drug-likeness (QED) is 0.143. The van der Waals surface area contributed by atoms with Crippen LogP contribution in [0.1, 0.15) is 47.8 Å². The minimum absolute atomic E-state index is 0.0460. The van der Waals surface area contributed by atoms with Crippen LogP contribution >= 0.6 is 0 Å². The number of fused-ring (bicyclic) bond motifs is 1. The topological polar surface area (TPSA) is 150 Å². The first-order valence-corrected chi connectivity index (χ1v) is 23.0. The summed E-state index contributed by atoms with van der Waals surface area (Å²) in [5, 5.41) is 16.5. The van der Waals surface area contributed by atoms with Gasteiger partial charge < -0.3 is 23.4 Å². The maximum atomic E-state index is 13.3. The van der Waals surface area contributed by atoms with Crippen LogP contribution in [0.3, 0.4) is 0 Å². The summed E-state index contributed by atoms with van der Waals surface area (Å²) in [6.45, 7) is 17.0. The molecule has 3 heterocycles. The number of nitrogens with zero attached hydrogens (tertiary/aromatic N) is 3. The lowest BCUT2D eigenvalue weighted by Gasteiger charge is -2.43. The Bertz CT molecular complexity index is 2060. The van der Waals surface area contributed by atoms with Gasteiger partial charge >= 0.3 is 0 Å². The number of hydrogen-bond acceptors (Lipinski definition) is 9. The van der Waals surface area contributed by atoms with Crippen molar-refractivity contribution >= 4 is 50.0 Å². The normalized spacial score (nSPS) is 19.6. The number of aromatic nitrogens is 4. The van der Waals surface area contributed by atoms with E-state index in [-0.39, 0.29) is 40.4 Å². The van der Waals surface area contributed by atoms with Gasteiger partial charge in [-0.1, -0.05) is 120 Å². The molecule has 0 bridgehead atoms. The van der Waals surface area contributed by atoms with Crippen molar-refractivity contribution in [2.75, 3.05) is 18.5 Å². The van der Waals surface area contributed by atoms with E-state index in [0.717, 1.165) is 10.4 Å². The molecule has 5 aromatic rings. The van der Waals surface area contributed by atoms with Crippen molar-refractivity contribution < 1.29 is 28.2 Å². The molecular formula is C40H51N5O7Si2. The fourth-order valence-corrected chi connectivity index (χ4v) is 12.6. The zero-order valence-electron chi connectivity index (χ0n) is 32.2. The van der Waals surface area contributed by atoms with Gasteiger partial charge in [0.05, 0.1) is 12.9 Å². The molecular weight excluding hydrogens is 719 g/mol. The summed E-state index contributed by atoms with van der Waals surface area (Å²) in [6.07, 6.45) is -2.22. The van der Waals surface area contributed by atoms with E-state index in [4.69, 9.17) is 18.3 Å². The molecule has 1 fully saturated rings. The second-order valence-corrected chi connectivity index (χ2v) is 25.3. The average Bonchev–Trinajstić information content (AvgIpc) is 3.68. The van der Waals surface area contributed by atoms with Gasteiger partial charge in [-0.05, 0) is 45.7 Å². The number of aliphatic hydroxyl groups is 1. The zero-order valence-corrected chi connectivity index (χ0v) is 34.2. The minimum atomic E-state index is -2.99. The SMILES string of the molecule is CC(C)(C)[Si](C)(C)O[C@@H]1[C@H](O)[C@@H](CO[Si](c2ccccc2)(c2ccccc2)C(C)(C)C)O[C@H]1n1cnc2c(=O)[nH]c(NC(=O)COc3ccccc3)nc21. The number of amides is 1. The summed E-state index contributed by atoms with van der Waals surface area (Å²) in [7, 11) is -5.49. The van der Waals surface area contributed by atoms with Gasteiger partial charge in [-0.25, -0.2) is 4.98 Å². The predicted octanol–water partition coefficient (Wildman–Crippen LogP) is 5.36. The van der Waals surface area contributed by atoms with Crippen molar-refractivity contribution in [1.29, 1.82) is 0 Å². The van der Waals surface area contributed by atoms with Crippen molar-refractivity contribution in [3.05, 3.63) is 108 Å². The van der Waals surface area contributed by atoms with Gasteiger partial charge in [-0.3, -0.25) is 24.5 Å². The number of aromatic amines is 1. The van der Waals surface area contributed by atoms with Crippen molar-refractivity contribution in [3.63, 3.8) is 0 Å². The van der Waals surface area contributed by atoms with Crippen LogP contribution in [0.5, 0.6) is 5.75 Å². The lowest BCUT2D eigenvalue weighted by Crippen LogP contribution is -2.67. The third kappa shape index (κ3) is 7.85. The molecule has 2 aromatic heterocycles. The van der Waals surface area contributed by atoms with Crippen molar-refractivity contribution in [3.8, 4) is 5.75 Å². The fraction of sp³-hybridized carbons (Fsp3) is 0.400. The lowest BCUT2D eigenvalue weighted by molar-refractivity contribution is -0.118. The van der Waals surface area contributed by atoms with E-state index in [9.17, 15) is 14.7 Å². The van der Waals surface area contributed by atoms with E-state index in [1.54, 1.807) is 28.8 Å². The molecule has 0 unspecified atom stereocenters. The van der Waals surface area contributed by atoms with Crippen LogP contribution in [0, 0.1) is 0 Å². The van der Waals surface area contributed by atoms with Gasteiger partial charge in [0.1, 0.15) is 24.1 Å². The molecule has 3 N–H and O–H groups in total. The number of ether oxygens (including phenoxy) is 2. The smallest absolute Gasteiger partial charge is 0.280 e. The van der Waals surface area contributed by atoms with Crippen LogP contribution in [-0.4, -0.2) is 78.7 Å². The number of aliphatic hydroxyl groups excluding tert-OH is 1. The first-order valence-electron chi connectivity index (χ1n) is 18.2. The van der Waals surface area contributed by atoms with E-state index in [1.165, 1.54) is 6.33 Å². The van der Waals surface area contributed by atoms with Crippen LogP contribution in [-0.2, 0) is 18.4 Å². The van der Waals surface area contributed by atoms with Crippen LogP contribution in [0.15, 0.2) is 102 Å². The highest BCUT2D eigenvalue weighted by atomic mass is 28.4. The highest BCUT2D eigenvalue weighted by Gasteiger charge is 2.54. The summed E-state index contributed by atoms with van der Waals surface area (Å²) in [6, 6.07) is 29.5. The molecule has 0 spiro atoms. The molecule has 0 saturated carbocycles. The van der Waals surface area contributed by atoms with Gasteiger partial charge in [0.15, 0.2) is 32.3 Å². The van der Waals surface area contributed by atoms with Crippen LogP contribution in [0.2, 0.25) is 23.2 Å². The monoisotopic (exact) mass is 769 g/mol. The fourth-order valence-electron chi connectivity index (χ4n) is 6.70. The molecule has 1 aliphatic rings. The molecule has 1 saturated heterocycles. The molecule has 1 amide bonds. The van der Waals surface area contributed by atoms with Crippen LogP contribution < -0.4 is 26.0 Å². The Morgan fingerprint density at radius 2 is 1.48 bits per heavy atom. The summed E-state index contributed by atoms with van der Waals surface area (Å²) in [4.78, 5) is 37.6. The third-order valence-corrected chi connectivity index (χ3v) is 20.0. The minimum Gasteiger partial charge on any atom is -0.484 e. The molecule has 4 atom stereocenters. The molecule has 0 radical (unpaired) electrons. The summed E-state index contributed by atoms with van der Waals surface area (Å²) >= 11 is 0. The van der Waals surface area contributed by atoms with Gasteiger partial charge in [0.25, 0.3) is 19.8 Å². The third-order valence-electron chi connectivity index (χ3n) is 10.5. The Hall–Kier alpha value is -4.45. The Morgan fingerprint density at radius 1 is 0.907 bits per heavy atom. The number of benzene rings is 3. The number of nitrogens with one attached hydrogen (secondary N) is 2. The molecule has 286 valence electrons. The summed E-state index contributed by atoms with van der Waals surface area (Å²) < 4.78 is 28.0. The average molecular weight is 770 g/mol. The maximum absolute atomic E-state index is 13.3. The van der Waals surface area contributed by atoms with Crippen molar-refractivity contribution in [1.82, 2.24) is 19.5 Å². The second-order valence-electron chi connectivity index (χ2n) is 16.3. The first kappa shape index (κ1) is 39.3. The largest absolute Gasteiger partial charge is 0.484 e. The number of rotatable bonds is 12. The predicted molar refractivity (Wildman–Crippen MR) is 214 cm³/mol. The standard InChI is InChI=1S/C40H51N5O7Si2/c1-39(2,3)53(7,8)52-34-33(47)30(24-50-54(40(4,5)6,28-20-14-10-15-21-28)29-22-16-11-17-23-29)51-37(34)45-26-41-32-35(45)43-38(44-36(32)48)42-31(46)25-49-27-18-12-9-13-19-27/h9-23,26,30,33-34,37,47H,24-25H2,1-8H3,(H2,42,43,44,46,48)/t30-,33-,34-,37-/m1/s1. The molecule has 1 aliphatic heterocycles. The first-order chi connectivity index (χ1) is 25.5. The van der Waals surface area contributed by atoms with Gasteiger partial charge in [0, 0.05) is 0 Å². The Kier molecular flexibility index (Phi) is 11.2. The van der Waals surface area contributed by atoms with E-state index >= 15 is 0 Å². The molecule has 6 rings (SSSR count). The van der Waals surface area contributed by atoms with Gasteiger partial charge in [-0.2, -0.15) is 4.98 Å². The van der Waals surface area contributed by atoms with Crippen LogP contribution in [0.4, 0.5) is 5.95 Å². The molecule has 54 heavy (non-hydrogen) atoms. The zero-order chi connectivity index (χ0) is 38.9. The van der Waals surface area contributed by atoms with E-state index in [0.29, 0.717) is 5.75 Å². The lowest BCUT2D eigenvalue weighted by atomic mass is 10.1. The second kappa shape index (κ2) is 15.4. The van der Waals surface area contributed by atoms with Crippen molar-refractivity contribution in [2.24, 2.45) is 0 Å². The van der Waals surface area contributed by atoms with Gasteiger partial charge in [0.2, 0.25) is 5.95 Å². The maximum Gasteiger partial charge on any atom is 0.280 e. The highest BCUT2D eigenvalue weighted by Crippen LogP contribution is 2.43. The Balaban J connectivity index is 1.34. The number of imidazole rings is 1. The molecule has 12 nitrogen and oxygen atoms in total.